The molecule has 3 rings (SSSR count). The van der Waals surface area contributed by atoms with Crippen LogP contribution in [0.3, 0.4) is 0 Å². The highest BCUT2D eigenvalue weighted by Crippen LogP contribution is 2.31. The second-order valence-electron chi connectivity index (χ2n) is 5.51. The molecule has 0 spiro atoms. The lowest BCUT2D eigenvalue weighted by Gasteiger charge is -2.19. The van der Waals surface area contributed by atoms with Crippen molar-refractivity contribution in [1.82, 2.24) is 4.57 Å². The fraction of sp³-hybridized carbons (Fsp3) is 0.105. The topological polar surface area (TPSA) is 34.0 Å². The van der Waals surface area contributed by atoms with E-state index in [0.29, 0.717) is 0 Å². The number of alkyl halides is 3. The fourth-order valence-corrected chi connectivity index (χ4v) is 2.60. The van der Waals surface area contributed by atoms with Crippen LogP contribution in [-0.4, -0.2) is 10.5 Å². The number of halogens is 3. The summed E-state index contributed by atoms with van der Waals surface area (Å²) in [4.78, 5) is 12.8. The van der Waals surface area contributed by atoms with E-state index in [1.54, 1.807) is 41.2 Å². The molecule has 0 saturated carbocycles. The minimum Gasteiger partial charge on any atom is -0.338 e. The molecule has 128 valence electrons. The molecule has 0 fully saturated rings. The molecule has 1 N–H and O–H groups in total. The molecule has 25 heavy (non-hydrogen) atoms. The number of nitrogens with zero attached hydrogens (tertiary/aromatic N) is 1. The third kappa shape index (κ3) is 3.91. The van der Waals surface area contributed by atoms with Gasteiger partial charge in [-0.3, -0.25) is 4.79 Å². The van der Waals surface area contributed by atoms with Crippen LogP contribution in [0.1, 0.15) is 17.2 Å². The summed E-state index contributed by atoms with van der Waals surface area (Å²) in [6, 6.07) is 16.6. The van der Waals surface area contributed by atoms with Crippen LogP contribution in [0.15, 0.2) is 79.1 Å². The van der Waals surface area contributed by atoms with E-state index in [2.05, 4.69) is 5.32 Å². The molecule has 3 aromatic rings. The van der Waals surface area contributed by atoms with Crippen molar-refractivity contribution in [2.75, 3.05) is 5.32 Å². The largest absolute Gasteiger partial charge is 0.416 e. The van der Waals surface area contributed by atoms with E-state index in [-0.39, 0.29) is 5.69 Å². The van der Waals surface area contributed by atoms with Gasteiger partial charge in [-0.15, -0.1) is 0 Å². The highest BCUT2D eigenvalue weighted by atomic mass is 19.4. The number of hydrogen-bond acceptors (Lipinski definition) is 1. The molecule has 0 aliphatic carbocycles. The Kier molecular flexibility index (Phi) is 4.61. The van der Waals surface area contributed by atoms with E-state index in [4.69, 9.17) is 0 Å². The van der Waals surface area contributed by atoms with Gasteiger partial charge in [-0.1, -0.05) is 36.4 Å². The summed E-state index contributed by atoms with van der Waals surface area (Å²) in [6.45, 7) is 0. The van der Waals surface area contributed by atoms with Gasteiger partial charge in [-0.05, 0) is 35.9 Å². The number of nitrogens with one attached hydrogen (secondary N) is 1. The first kappa shape index (κ1) is 16.8. The number of hydrogen-bond donors (Lipinski definition) is 1. The van der Waals surface area contributed by atoms with Crippen molar-refractivity contribution in [2.24, 2.45) is 0 Å². The smallest absolute Gasteiger partial charge is 0.338 e. The molecule has 1 atom stereocenters. The van der Waals surface area contributed by atoms with Crippen molar-refractivity contribution in [3.05, 3.63) is 90.3 Å². The first-order valence-corrected chi connectivity index (χ1v) is 7.61. The summed E-state index contributed by atoms with van der Waals surface area (Å²) >= 11 is 0. The van der Waals surface area contributed by atoms with Gasteiger partial charge in [0.1, 0.15) is 6.04 Å². The van der Waals surface area contributed by atoms with Gasteiger partial charge in [0.15, 0.2) is 0 Å². The Morgan fingerprint density at radius 1 is 0.920 bits per heavy atom. The molecule has 0 bridgehead atoms. The molecule has 2 aromatic carbocycles. The van der Waals surface area contributed by atoms with Gasteiger partial charge in [0.25, 0.3) is 5.91 Å². The Morgan fingerprint density at radius 2 is 1.60 bits per heavy atom. The van der Waals surface area contributed by atoms with E-state index in [1.165, 1.54) is 12.1 Å². The van der Waals surface area contributed by atoms with Crippen molar-refractivity contribution in [3.63, 3.8) is 0 Å². The Morgan fingerprint density at radius 3 is 2.24 bits per heavy atom. The number of carbonyl (C=O) groups excluding carboxylic acids is 1. The SMILES string of the molecule is O=C(Nc1cccc(C(F)(F)F)c1)C(c1ccccc1)n1cccc1. The summed E-state index contributed by atoms with van der Waals surface area (Å²) in [7, 11) is 0. The number of carbonyl (C=O) groups is 1. The lowest BCUT2D eigenvalue weighted by atomic mass is 10.1. The molecule has 0 saturated heterocycles. The number of aromatic nitrogens is 1. The van der Waals surface area contributed by atoms with Crippen LogP contribution in [0.25, 0.3) is 0 Å². The predicted molar refractivity (Wildman–Crippen MR) is 89.1 cm³/mol. The van der Waals surface area contributed by atoms with Gasteiger partial charge in [0.05, 0.1) is 5.56 Å². The van der Waals surface area contributed by atoms with Crippen LogP contribution in [0, 0.1) is 0 Å². The molecule has 1 aromatic heterocycles. The maximum Gasteiger partial charge on any atom is 0.416 e. The molecule has 1 amide bonds. The number of rotatable bonds is 4. The zero-order chi connectivity index (χ0) is 17.9. The standard InChI is InChI=1S/C19H15F3N2O/c20-19(21,22)15-9-6-10-16(13-15)23-18(25)17(24-11-4-5-12-24)14-7-2-1-3-8-14/h1-13,17H,(H,23,25). The van der Waals surface area contributed by atoms with Crippen LogP contribution in [0.4, 0.5) is 18.9 Å². The number of amides is 1. The number of anilines is 1. The summed E-state index contributed by atoms with van der Waals surface area (Å²) in [6.07, 6.45) is -0.979. The van der Waals surface area contributed by atoms with Crippen molar-refractivity contribution >= 4 is 11.6 Å². The molecule has 6 heteroatoms. The van der Waals surface area contributed by atoms with E-state index in [1.807, 2.05) is 18.2 Å². The van der Waals surface area contributed by atoms with Crippen molar-refractivity contribution < 1.29 is 18.0 Å². The number of benzene rings is 2. The second-order valence-corrected chi connectivity index (χ2v) is 5.51. The van der Waals surface area contributed by atoms with E-state index in [0.717, 1.165) is 17.7 Å². The minimum atomic E-state index is -4.46. The Bertz CT molecular complexity index is 843. The van der Waals surface area contributed by atoms with E-state index >= 15 is 0 Å². The van der Waals surface area contributed by atoms with E-state index in [9.17, 15) is 18.0 Å². The highest BCUT2D eigenvalue weighted by molar-refractivity contribution is 5.95. The summed E-state index contributed by atoms with van der Waals surface area (Å²) in [5.74, 6) is -0.415. The molecule has 3 nitrogen and oxygen atoms in total. The summed E-state index contributed by atoms with van der Waals surface area (Å²) < 4.78 is 40.2. The first-order valence-electron chi connectivity index (χ1n) is 7.61. The first-order chi connectivity index (χ1) is 11.9. The maximum absolute atomic E-state index is 12.8. The molecule has 1 heterocycles. The van der Waals surface area contributed by atoms with Gasteiger partial charge < -0.3 is 9.88 Å². The normalized spacial score (nSPS) is 12.6. The molecule has 0 aliphatic heterocycles. The van der Waals surface area contributed by atoms with Gasteiger partial charge in [-0.2, -0.15) is 13.2 Å². The zero-order valence-electron chi connectivity index (χ0n) is 13.1. The van der Waals surface area contributed by atoms with Crippen molar-refractivity contribution in [2.45, 2.75) is 12.2 Å². The van der Waals surface area contributed by atoms with Crippen LogP contribution in [0.5, 0.6) is 0 Å². The summed E-state index contributed by atoms with van der Waals surface area (Å²) in [5, 5.41) is 2.58. The van der Waals surface area contributed by atoms with Crippen LogP contribution in [-0.2, 0) is 11.0 Å². The van der Waals surface area contributed by atoms with Crippen LogP contribution < -0.4 is 5.32 Å². The lowest BCUT2D eigenvalue weighted by Crippen LogP contribution is -2.26. The zero-order valence-corrected chi connectivity index (χ0v) is 13.1. The van der Waals surface area contributed by atoms with Gasteiger partial charge in [-0.25, -0.2) is 0 Å². The van der Waals surface area contributed by atoms with E-state index < -0.39 is 23.7 Å². The highest BCUT2D eigenvalue weighted by Gasteiger charge is 2.31. The Labute approximate surface area is 142 Å². The Balaban J connectivity index is 1.90. The Hall–Kier alpha value is -3.02. The third-order valence-electron chi connectivity index (χ3n) is 3.75. The average Bonchev–Trinajstić information content (AvgIpc) is 3.09. The monoisotopic (exact) mass is 344 g/mol. The van der Waals surface area contributed by atoms with Crippen LogP contribution >= 0.6 is 0 Å². The fourth-order valence-electron chi connectivity index (χ4n) is 2.60. The van der Waals surface area contributed by atoms with Crippen molar-refractivity contribution in [3.8, 4) is 0 Å². The second kappa shape index (κ2) is 6.84. The molecule has 0 aliphatic rings. The minimum absolute atomic E-state index is 0.105. The average molecular weight is 344 g/mol. The molecular formula is C19H15F3N2O. The maximum atomic E-state index is 12.8. The molecule has 0 radical (unpaired) electrons. The third-order valence-corrected chi connectivity index (χ3v) is 3.75. The summed E-state index contributed by atoms with van der Waals surface area (Å²) in [5.41, 5.74) is 0.0404. The van der Waals surface area contributed by atoms with Gasteiger partial charge >= 0.3 is 6.18 Å². The lowest BCUT2D eigenvalue weighted by molar-refractivity contribution is -0.137. The molecular weight excluding hydrogens is 329 g/mol. The predicted octanol–water partition coefficient (Wildman–Crippen LogP) is 4.74. The quantitative estimate of drug-likeness (QED) is 0.729. The van der Waals surface area contributed by atoms with Crippen LogP contribution in [0.2, 0.25) is 0 Å². The molecule has 1 unspecified atom stereocenters. The van der Waals surface area contributed by atoms with Crippen molar-refractivity contribution in [1.29, 1.82) is 0 Å². The van der Waals surface area contributed by atoms with Gasteiger partial charge in [0, 0.05) is 18.1 Å². The van der Waals surface area contributed by atoms with Gasteiger partial charge in [0.2, 0.25) is 0 Å².